The van der Waals surface area contributed by atoms with Gasteiger partial charge in [0, 0.05) is 17.7 Å². The molecule has 166 valence electrons. The molecule has 1 aliphatic rings. The van der Waals surface area contributed by atoms with Crippen LogP contribution in [0.1, 0.15) is 55.0 Å². The van der Waals surface area contributed by atoms with Gasteiger partial charge in [0.05, 0.1) is 18.2 Å². The van der Waals surface area contributed by atoms with Crippen molar-refractivity contribution in [3.8, 4) is 17.0 Å². The summed E-state index contributed by atoms with van der Waals surface area (Å²) in [4.78, 5) is 16.4. The average Bonchev–Trinajstić information content (AvgIpc) is 3.22. The van der Waals surface area contributed by atoms with Crippen LogP contribution in [-0.2, 0) is 24.1 Å². The van der Waals surface area contributed by atoms with Crippen LogP contribution < -0.4 is 4.74 Å². The van der Waals surface area contributed by atoms with Gasteiger partial charge in [-0.05, 0) is 72.6 Å². The Labute approximate surface area is 190 Å². The zero-order valence-corrected chi connectivity index (χ0v) is 18.9. The highest BCUT2D eigenvalue weighted by atomic mass is 16.5. The van der Waals surface area contributed by atoms with Crippen molar-refractivity contribution in [3.63, 3.8) is 0 Å². The van der Waals surface area contributed by atoms with E-state index in [0.717, 1.165) is 48.4 Å². The number of rotatable bonds is 9. The molecule has 0 bridgehead atoms. The first-order valence-corrected chi connectivity index (χ1v) is 11.6. The van der Waals surface area contributed by atoms with Crippen molar-refractivity contribution in [2.75, 3.05) is 6.61 Å². The normalized spacial score (nSPS) is 15.9. The van der Waals surface area contributed by atoms with Crippen LogP contribution >= 0.6 is 0 Å². The second kappa shape index (κ2) is 9.99. The zero-order chi connectivity index (χ0) is 22.5. The average molecular weight is 430 g/mol. The predicted octanol–water partition coefficient (Wildman–Crippen LogP) is 6.07. The molecule has 4 heteroatoms. The van der Waals surface area contributed by atoms with E-state index < -0.39 is 5.97 Å². The largest absolute Gasteiger partial charge is 0.493 e. The van der Waals surface area contributed by atoms with Gasteiger partial charge >= 0.3 is 5.97 Å². The van der Waals surface area contributed by atoms with Crippen LogP contribution in [0.3, 0.4) is 0 Å². The van der Waals surface area contributed by atoms with Gasteiger partial charge in [-0.3, -0.25) is 9.78 Å². The molecule has 0 saturated heterocycles. The summed E-state index contributed by atoms with van der Waals surface area (Å²) in [6, 6.07) is 20.8. The summed E-state index contributed by atoms with van der Waals surface area (Å²) in [6.07, 6.45) is 4.25. The maximum atomic E-state index is 11.6. The van der Waals surface area contributed by atoms with Crippen LogP contribution in [0.15, 0.2) is 60.7 Å². The molecule has 0 fully saturated rings. The van der Waals surface area contributed by atoms with Crippen LogP contribution in [0, 0.1) is 5.92 Å². The minimum absolute atomic E-state index is 0.111. The standard InChI is InChI=1S/C28H31NO3/c1-3-19-8-10-20(11-9-19)27-7-5-6-22(29-27)16-17-32-23-13-15-25-21(18-23)12-14-26(25)24(4-2)28(30)31/h5-11,13,15,18,24,26H,3-4,12,14,16-17H2,1-2H3,(H,30,31)/t24?,26-/m0/s1. The lowest BCUT2D eigenvalue weighted by Gasteiger charge is -2.19. The van der Waals surface area contributed by atoms with Gasteiger partial charge in [0.2, 0.25) is 0 Å². The molecule has 0 aliphatic heterocycles. The molecule has 1 aromatic heterocycles. The number of carbonyl (C=O) groups is 1. The van der Waals surface area contributed by atoms with Gasteiger partial charge in [-0.15, -0.1) is 0 Å². The molecule has 4 rings (SSSR count). The van der Waals surface area contributed by atoms with Crippen LogP contribution in [-0.4, -0.2) is 22.7 Å². The Bertz CT molecular complexity index is 1070. The maximum absolute atomic E-state index is 11.6. The van der Waals surface area contributed by atoms with Gasteiger partial charge in [-0.2, -0.15) is 0 Å². The molecule has 0 saturated carbocycles. The smallest absolute Gasteiger partial charge is 0.307 e. The Morgan fingerprint density at radius 2 is 1.94 bits per heavy atom. The summed E-state index contributed by atoms with van der Waals surface area (Å²) in [5, 5.41) is 9.52. The maximum Gasteiger partial charge on any atom is 0.307 e. The molecular weight excluding hydrogens is 398 g/mol. The molecule has 2 atom stereocenters. The van der Waals surface area contributed by atoms with E-state index in [2.05, 4.69) is 43.3 Å². The lowest BCUT2D eigenvalue weighted by Crippen LogP contribution is -2.19. The first-order valence-electron chi connectivity index (χ1n) is 11.6. The summed E-state index contributed by atoms with van der Waals surface area (Å²) in [5.41, 5.74) is 6.85. The number of fused-ring (bicyclic) bond motifs is 1. The molecule has 0 spiro atoms. The number of hydrogen-bond acceptors (Lipinski definition) is 3. The molecular formula is C28H31NO3. The Hall–Kier alpha value is -3.14. The van der Waals surface area contributed by atoms with Crippen molar-refractivity contribution < 1.29 is 14.6 Å². The van der Waals surface area contributed by atoms with E-state index >= 15 is 0 Å². The molecule has 32 heavy (non-hydrogen) atoms. The number of benzene rings is 2. The van der Waals surface area contributed by atoms with Gasteiger partial charge in [0.1, 0.15) is 5.75 Å². The Morgan fingerprint density at radius 1 is 1.12 bits per heavy atom. The van der Waals surface area contributed by atoms with Crippen molar-refractivity contribution in [1.82, 2.24) is 4.98 Å². The van der Waals surface area contributed by atoms with Crippen molar-refractivity contribution in [2.45, 2.75) is 51.9 Å². The molecule has 4 nitrogen and oxygen atoms in total. The Kier molecular flexibility index (Phi) is 6.89. The highest BCUT2D eigenvalue weighted by Crippen LogP contribution is 2.41. The van der Waals surface area contributed by atoms with E-state index in [-0.39, 0.29) is 11.8 Å². The molecule has 0 radical (unpaired) electrons. The molecule has 0 amide bonds. The quantitative estimate of drug-likeness (QED) is 0.448. The summed E-state index contributed by atoms with van der Waals surface area (Å²) >= 11 is 0. The molecule has 1 unspecified atom stereocenters. The third-order valence-corrected chi connectivity index (χ3v) is 6.57. The third-order valence-electron chi connectivity index (χ3n) is 6.57. The van der Waals surface area contributed by atoms with Gasteiger partial charge in [-0.1, -0.05) is 50.2 Å². The first kappa shape index (κ1) is 22.1. The number of nitrogens with zero attached hydrogens (tertiary/aromatic N) is 1. The Morgan fingerprint density at radius 3 is 2.66 bits per heavy atom. The van der Waals surface area contributed by atoms with Gasteiger partial charge in [0.25, 0.3) is 0 Å². The predicted molar refractivity (Wildman–Crippen MR) is 127 cm³/mol. The first-order chi connectivity index (χ1) is 15.6. The van der Waals surface area contributed by atoms with Gasteiger partial charge in [-0.25, -0.2) is 0 Å². The second-order valence-electron chi connectivity index (χ2n) is 8.52. The van der Waals surface area contributed by atoms with E-state index in [9.17, 15) is 9.90 Å². The van der Waals surface area contributed by atoms with E-state index in [1.165, 1.54) is 16.7 Å². The molecule has 1 aliphatic carbocycles. The van der Waals surface area contributed by atoms with Crippen LogP contribution in [0.4, 0.5) is 0 Å². The number of ether oxygens (including phenoxy) is 1. The lowest BCUT2D eigenvalue weighted by atomic mass is 9.85. The number of aliphatic carboxylic acids is 1. The number of carboxylic acids is 1. The fourth-order valence-electron chi connectivity index (χ4n) is 4.73. The summed E-state index contributed by atoms with van der Waals surface area (Å²) in [6.45, 7) is 4.67. The van der Waals surface area contributed by atoms with E-state index in [4.69, 9.17) is 9.72 Å². The minimum atomic E-state index is -0.693. The van der Waals surface area contributed by atoms with Crippen LogP contribution in [0.2, 0.25) is 0 Å². The van der Waals surface area contributed by atoms with Gasteiger partial charge in [0.15, 0.2) is 0 Å². The van der Waals surface area contributed by atoms with Crippen LogP contribution in [0.5, 0.6) is 5.75 Å². The molecule has 2 aromatic carbocycles. The second-order valence-corrected chi connectivity index (χ2v) is 8.52. The third kappa shape index (κ3) is 4.85. The van der Waals surface area contributed by atoms with Crippen molar-refractivity contribution in [3.05, 3.63) is 83.0 Å². The van der Waals surface area contributed by atoms with Crippen molar-refractivity contribution in [2.24, 2.45) is 5.92 Å². The SMILES string of the molecule is CCc1ccc(-c2cccc(CCOc3ccc4c(c3)CC[C@H]4C(CC)C(=O)O)n2)cc1. The minimum Gasteiger partial charge on any atom is -0.493 e. The van der Waals surface area contributed by atoms with Gasteiger partial charge < -0.3 is 9.84 Å². The molecule has 1 heterocycles. The summed E-state index contributed by atoms with van der Waals surface area (Å²) in [7, 11) is 0. The number of hydrogen-bond donors (Lipinski definition) is 1. The highest BCUT2D eigenvalue weighted by molar-refractivity contribution is 5.72. The van der Waals surface area contributed by atoms with E-state index in [1.807, 2.05) is 31.2 Å². The van der Waals surface area contributed by atoms with Crippen molar-refractivity contribution in [1.29, 1.82) is 0 Å². The molecule has 3 aromatic rings. The topological polar surface area (TPSA) is 59.4 Å². The number of aromatic nitrogens is 1. The van der Waals surface area contributed by atoms with E-state index in [0.29, 0.717) is 13.0 Å². The number of pyridine rings is 1. The monoisotopic (exact) mass is 429 g/mol. The summed E-state index contributed by atoms with van der Waals surface area (Å²) < 4.78 is 6.02. The lowest BCUT2D eigenvalue weighted by molar-refractivity contribution is -0.142. The zero-order valence-electron chi connectivity index (χ0n) is 18.9. The van der Waals surface area contributed by atoms with Crippen molar-refractivity contribution >= 4 is 5.97 Å². The number of carboxylic acid groups (broad SMARTS) is 1. The fourth-order valence-corrected chi connectivity index (χ4v) is 4.73. The summed E-state index contributed by atoms with van der Waals surface area (Å²) in [5.74, 6) is -0.0415. The fraction of sp³-hybridized carbons (Fsp3) is 0.357. The Balaban J connectivity index is 1.37. The van der Waals surface area contributed by atoms with Crippen LogP contribution in [0.25, 0.3) is 11.3 Å². The highest BCUT2D eigenvalue weighted by Gasteiger charge is 2.33. The van der Waals surface area contributed by atoms with E-state index in [1.54, 1.807) is 0 Å². The number of aryl methyl sites for hydroxylation is 2. The molecule has 1 N–H and O–H groups in total.